The molecule has 168 valence electrons. The lowest BCUT2D eigenvalue weighted by molar-refractivity contribution is -0.147. The van der Waals surface area contributed by atoms with Crippen molar-refractivity contribution in [3.63, 3.8) is 0 Å². The Morgan fingerprint density at radius 1 is 1.00 bits per heavy atom. The van der Waals surface area contributed by atoms with Gasteiger partial charge in [0.25, 0.3) is 0 Å². The highest BCUT2D eigenvalue weighted by Crippen LogP contribution is 2.44. The average Bonchev–Trinajstić information content (AvgIpc) is 3.35. The molecular weight excluding hydrogens is 408 g/mol. The van der Waals surface area contributed by atoms with Gasteiger partial charge in [0, 0.05) is 5.92 Å². The van der Waals surface area contributed by atoms with Crippen LogP contribution in [0.3, 0.4) is 0 Å². The van der Waals surface area contributed by atoms with Crippen LogP contribution in [0.4, 0.5) is 4.79 Å². The summed E-state index contributed by atoms with van der Waals surface area (Å²) >= 11 is 0. The Morgan fingerprint density at radius 2 is 1.53 bits per heavy atom. The van der Waals surface area contributed by atoms with E-state index < -0.39 is 29.0 Å². The monoisotopic (exact) mass is 436 g/mol. The van der Waals surface area contributed by atoms with Gasteiger partial charge in [0.15, 0.2) is 0 Å². The number of carbonyl (C=O) groups excluding carboxylic acids is 2. The van der Waals surface area contributed by atoms with E-state index in [1.165, 1.54) is 13.8 Å². The lowest BCUT2D eigenvalue weighted by Crippen LogP contribution is -2.62. The zero-order chi connectivity index (χ0) is 22.9. The van der Waals surface area contributed by atoms with Gasteiger partial charge >= 0.3 is 12.1 Å². The second kappa shape index (κ2) is 8.30. The average molecular weight is 437 g/mol. The van der Waals surface area contributed by atoms with Crippen LogP contribution in [0.25, 0.3) is 11.1 Å². The van der Waals surface area contributed by atoms with E-state index in [0.717, 1.165) is 35.1 Å². The Hall–Kier alpha value is -3.35. The number of carboxylic acid groups (broad SMARTS) is 1. The highest BCUT2D eigenvalue weighted by Gasteiger charge is 2.46. The number of carbonyl (C=O) groups is 3. The van der Waals surface area contributed by atoms with E-state index in [-0.39, 0.29) is 12.5 Å². The van der Waals surface area contributed by atoms with Gasteiger partial charge < -0.3 is 20.5 Å². The van der Waals surface area contributed by atoms with Crippen molar-refractivity contribution >= 4 is 18.0 Å². The Morgan fingerprint density at radius 3 is 2.06 bits per heavy atom. The number of fused-ring (bicyclic) bond motifs is 3. The zero-order valence-corrected chi connectivity index (χ0v) is 18.3. The summed E-state index contributed by atoms with van der Waals surface area (Å²) in [5, 5.41) is 14.7. The standard InChI is InChI=1S/C25H28N2O5/c1-24(2,22(29)30)26-21(28)25(13-7-8-14-25)27-23(31)32-15-20-18-11-5-3-9-16(18)17-10-4-6-12-19(17)20/h3-6,9-12,20H,7-8,13-15H2,1-2H3,(H,26,28)(H,27,31)(H,29,30). The summed E-state index contributed by atoms with van der Waals surface area (Å²) in [6.45, 7) is 2.99. The minimum Gasteiger partial charge on any atom is -0.480 e. The van der Waals surface area contributed by atoms with E-state index in [1.54, 1.807) is 0 Å². The van der Waals surface area contributed by atoms with E-state index in [4.69, 9.17) is 4.74 Å². The van der Waals surface area contributed by atoms with E-state index >= 15 is 0 Å². The Kier molecular flexibility index (Phi) is 5.67. The smallest absolute Gasteiger partial charge is 0.408 e. The van der Waals surface area contributed by atoms with Crippen molar-refractivity contribution in [2.45, 2.75) is 56.5 Å². The van der Waals surface area contributed by atoms with Gasteiger partial charge in [0.1, 0.15) is 17.7 Å². The van der Waals surface area contributed by atoms with Crippen molar-refractivity contribution in [1.82, 2.24) is 10.6 Å². The van der Waals surface area contributed by atoms with E-state index in [1.807, 2.05) is 36.4 Å². The molecule has 2 aromatic rings. The maximum atomic E-state index is 13.0. The van der Waals surface area contributed by atoms with Crippen molar-refractivity contribution in [2.24, 2.45) is 0 Å². The molecule has 2 aromatic carbocycles. The number of ether oxygens (including phenoxy) is 1. The summed E-state index contributed by atoms with van der Waals surface area (Å²) in [4.78, 5) is 37.1. The molecule has 2 aliphatic carbocycles. The molecule has 0 heterocycles. The molecule has 0 radical (unpaired) electrons. The van der Waals surface area contributed by atoms with Crippen molar-refractivity contribution in [3.8, 4) is 11.1 Å². The summed E-state index contributed by atoms with van der Waals surface area (Å²) < 4.78 is 5.61. The first-order valence-electron chi connectivity index (χ1n) is 10.9. The zero-order valence-electron chi connectivity index (χ0n) is 18.3. The normalized spacial score (nSPS) is 16.7. The van der Waals surface area contributed by atoms with Gasteiger partial charge in [-0.15, -0.1) is 0 Å². The lowest BCUT2D eigenvalue weighted by Gasteiger charge is -2.32. The van der Waals surface area contributed by atoms with Crippen LogP contribution in [0.2, 0.25) is 0 Å². The number of benzene rings is 2. The highest BCUT2D eigenvalue weighted by molar-refractivity contribution is 5.94. The molecule has 0 aromatic heterocycles. The first kappa shape index (κ1) is 21.9. The molecule has 7 nitrogen and oxygen atoms in total. The van der Waals surface area contributed by atoms with Crippen molar-refractivity contribution in [1.29, 1.82) is 0 Å². The number of carboxylic acids is 1. The highest BCUT2D eigenvalue weighted by atomic mass is 16.5. The fourth-order valence-electron chi connectivity index (χ4n) is 4.67. The quantitative estimate of drug-likeness (QED) is 0.639. The number of rotatable bonds is 6. The molecule has 0 unspecified atom stereocenters. The second-order valence-corrected chi connectivity index (χ2v) is 9.12. The van der Waals surface area contributed by atoms with Gasteiger partial charge in [-0.05, 0) is 48.9 Å². The molecule has 0 saturated heterocycles. The molecule has 7 heteroatoms. The molecule has 3 N–H and O–H groups in total. The van der Waals surface area contributed by atoms with E-state index in [2.05, 4.69) is 22.8 Å². The van der Waals surface area contributed by atoms with E-state index in [0.29, 0.717) is 12.8 Å². The van der Waals surface area contributed by atoms with Crippen LogP contribution in [-0.2, 0) is 14.3 Å². The molecule has 1 fully saturated rings. The Labute approximate surface area is 187 Å². The minimum absolute atomic E-state index is 0.0764. The largest absolute Gasteiger partial charge is 0.480 e. The molecular formula is C25H28N2O5. The predicted octanol–water partition coefficient (Wildman–Crippen LogP) is 3.82. The maximum absolute atomic E-state index is 13.0. The van der Waals surface area contributed by atoms with Crippen LogP contribution >= 0.6 is 0 Å². The van der Waals surface area contributed by atoms with Gasteiger partial charge in [-0.2, -0.15) is 0 Å². The van der Waals surface area contributed by atoms with Crippen molar-refractivity contribution in [2.75, 3.05) is 6.61 Å². The molecule has 4 rings (SSSR count). The van der Waals surface area contributed by atoms with Gasteiger partial charge in [-0.1, -0.05) is 61.4 Å². The SMILES string of the molecule is CC(C)(NC(=O)C1(NC(=O)OCC2c3ccccc3-c3ccccc32)CCCC1)C(=O)O. The van der Waals surface area contributed by atoms with Crippen molar-refractivity contribution < 1.29 is 24.2 Å². The number of alkyl carbamates (subject to hydrolysis) is 1. The number of hydrogen-bond donors (Lipinski definition) is 3. The lowest BCUT2D eigenvalue weighted by atomic mass is 9.94. The number of nitrogens with one attached hydrogen (secondary N) is 2. The van der Waals surface area contributed by atoms with Crippen LogP contribution in [-0.4, -0.2) is 40.8 Å². The molecule has 0 aliphatic heterocycles. The number of amides is 2. The number of hydrogen-bond acceptors (Lipinski definition) is 4. The Balaban J connectivity index is 1.46. The predicted molar refractivity (Wildman–Crippen MR) is 119 cm³/mol. The van der Waals surface area contributed by atoms with Crippen LogP contribution in [0.5, 0.6) is 0 Å². The van der Waals surface area contributed by atoms with Crippen LogP contribution in [0.15, 0.2) is 48.5 Å². The van der Waals surface area contributed by atoms with Crippen LogP contribution < -0.4 is 10.6 Å². The first-order valence-corrected chi connectivity index (χ1v) is 10.9. The molecule has 0 atom stereocenters. The molecule has 2 aliphatic rings. The molecule has 2 amide bonds. The molecule has 0 spiro atoms. The third kappa shape index (κ3) is 3.95. The topological polar surface area (TPSA) is 105 Å². The third-order valence-electron chi connectivity index (χ3n) is 6.54. The van der Waals surface area contributed by atoms with Gasteiger partial charge in [0.05, 0.1) is 0 Å². The summed E-state index contributed by atoms with van der Waals surface area (Å²) in [5.41, 5.74) is 1.90. The summed E-state index contributed by atoms with van der Waals surface area (Å²) in [7, 11) is 0. The molecule has 1 saturated carbocycles. The van der Waals surface area contributed by atoms with Crippen molar-refractivity contribution in [3.05, 3.63) is 59.7 Å². The van der Waals surface area contributed by atoms with Crippen LogP contribution in [0.1, 0.15) is 56.6 Å². The second-order valence-electron chi connectivity index (χ2n) is 9.12. The summed E-state index contributed by atoms with van der Waals surface area (Å²) in [5.74, 6) is -1.71. The third-order valence-corrected chi connectivity index (χ3v) is 6.54. The fraction of sp³-hybridized carbons (Fsp3) is 0.400. The fourth-order valence-corrected chi connectivity index (χ4v) is 4.67. The Bertz CT molecular complexity index is 1010. The number of aliphatic carboxylic acids is 1. The minimum atomic E-state index is -1.43. The summed E-state index contributed by atoms with van der Waals surface area (Å²) in [6.07, 6.45) is 1.75. The molecule has 0 bridgehead atoms. The van der Waals surface area contributed by atoms with Gasteiger partial charge in [0.2, 0.25) is 5.91 Å². The summed E-state index contributed by atoms with van der Waals surface area (Å²) in [6, 6.07) is 16.1. The first-order chi connectivity index (χ1) is 15.2. The molecule has 32 heavy (non-hydrogen) atoms. The van der Waals surface area contributed by atoms with Gasteiger partial charge in [-0.3, -0.25) is 4.79 Å². The van der Waals surface area contributed by atoms with Gasteiger partial charge in [-0.25, -0.2) is 9.59 Å². The maximum Gasteiger partial charge on any atom is 0.408 e. The van der Waals surface area contributed by atoms with E-state index in [9.17, 15) is 19.5 Å². The van der Waals surface area contributed by atoms with Crippen LogP contribution in [0, 0.1) is 0 Å².